The van der Waals surface area contributed by atoms with Gasteiger partial charge in [0.05, 0.1) is 12.7 Å². The third kappa shape index (κ3) is 2.30. The molecule has 0 unspecified atom stereocenters. The second kappa shape index (κ2) is 4.57. The van der Waals surface area contributed by atoms with Crippen molar-refractivity contribution in [3.8, 4) is 0 Å². The van der Waals surface area contributed by atoms with Crippen LogP contribution in [0.3, 0.4) is 0 Å². The van der Waals surface area contributed by atoms with Crippen molar-refractivity contribution in [2.45, 2.75) is 33.9 Å². The van der Waals surface area contributed by atoms with Crippen LogP contribution < -0.4 is 0 Å². The molecule has 0 fully saturated rings. The molecule has 0 aliphatic carbocycles. The van der Waals surface area contributed by atoms with Gasteiger partial charge in [-0.2, -0.15) is 5.10 Å². The lowest BCUT2D eigenvalue weighted by molar-refractivity contribution is 0.112. The summed E-state index contributed by atoms with van der Waals surface area (Å²) in [5.74, 6) is 0. The van der Waals surface area contributed by atoms with Gasteiger partial charge in [-0.15, -0.1) is 0 Å². The molecule has 0 amide bonds. The van der Waals surface area contributed by atoms with Gasteiger partial charge in [-0.05, 0) is 32.4 Å². The van der Waals surface area contributed by atoms with Gasteiger partial charge in [0.15, 0.2) is 6.29 Å². The van der Waals surface area contributed by atoms with E-state index in [1.165, 1.54) is 5.56 Å². The molecular weight excluding hydrogens is 214 g/mol. The maximum Gasteiger partial charge on any atom is 0.151 e. The van der Waals surface area contributed by atoms with Gasteiger partial charge in [0.1, 0.15) is 0 Å². The van der Waals surface area contributed by atoms with Gasteiger partial charge in [-0.25, -0.2) is 0 Å². The summed E-state index contributed by atoms with van der Waals surface area (Å²) in [6, 6.07) is 1.93. The second-order valence-corrected chi connectivity index (χ2v) is 4.38. The summed E-state index contributed by atoms with van der Waals surface area (Å²) in [6.45, 7) is 7.69. The first kappa shape index (κ1) is 11.6. The lowest BCUT2D eigenvalue weighted by Gasteiger charge is -2.09. The molecule has 90 valence electrons. The predicted octanol–water partition coefficient (Wildman–Crippen LogP) is 2.12. The van der Waals surface area contributed by atoms with Gasteiger partial charge < -0.3 is 4.57 Å². The molecule has 0 aliphatic heterocycles. The molecule has 0 aliphatic rings. The quantitative estimate of drug-likeness (QED) is 0.756. The number of nitrogens with zero attached hydrogens (tertiary/aromatic N) is 3. The van der Waals surface area contributed by atoms with E-state index >= 15 is 0 Å². The van der Waals surface area contributed by atoms with Crippen molar-refractivity contribution in [3.63, 3.8) is 0 Å². The van der Waals surface area contributed by atoms with E-state index in [9.17, 15) is 4.79 Å². The first-order chi connectivity index (χ1) is 8.11. The Morgan fingerprint density at radius 3 is 2.59 bits per heavy atom. The molecule has 0 atom stereocenters. The van der Waals surface area contributed by atoms with Crippen molar-refractivity contribution in [3.05, 3.63) is 41.0 Å². The maximum absolute atomic E-state index is 10.8. The highest BCUT2D eigenvalue weighted by molar-refractivity contribution is 5.77. The Kier molecular flexibility index (Phi) is 3.13. The average molecular weight is 231 g/mol. The molecule has 0 bridgehead atoms. The third-order valence-corrected chi connectivity index (χ3v) is 3.05. The van der Waals surface area contributed by atoms with Gasteiger partial charge in [0.2, 0.25) is 0 Å². The third-order valence-electron chi connectivity index (χ3n) is 3.05. The molecule has 17 heavy (non-hydrogen) atoms. The maximum atomic E-state index is 10.8. The van der Waals surface area contributed by atoms with Crippen LogP contribution in [0, 0.1) is 20.8 Å². The summed E-state index contributed by atoms with van der Waals surface area (Å²) in [5.41, 5.74) is 4.09. The second-order valence-electron chi connectivity index (χ2n) is 4.38. The first-order valence-corrected chi connectivity index (χ1v) is 5.73. The smallest absolute Gasteiger partial charge is 0.151 e. The topological polar surface area (TPSA) is 39.8 Å². The number of aryl methyl sites for hydroxylation is 3. The van der Waals surface area contributed by atoms with Crippen molar-refractivity contribution in [1.82, 2.24) is 14.3 Å². The lowest BCUT2D eigenvalue weighted by Crippen LogP contribution is -2.10. The standard InChI is InChI=1S/C13H17N3O/c1-10-7-14-15(8-10)4-5-16-11(2)6-13(9-17)12(16)3/h6-9H,4-5H2,1-3H3. The number of carbonyl (C=O) groups is 1. The van der Waals surface area contributed by atoms with Crippen molar-refractivity contribution >= 4 is 6.29 Å². The van der Waals surface area contributed by atoms with E-state index in [0.717, 1.165) is 36.3 Å². The Labute approximate surface area is 101 Å². The minimum Gasteiger partial charge on any atom is -0.347 e. The van der Waals surface area contributed by atoms with Crippen molar-refractivity contribution < 1.29 is 4.79 Å². The Balaban J connectivity index is 2.13. The zero-order valence-electron chi connectivity index (χ0n) is 10.5. The largest absolute Gasteiger partial charge is 0.347 e. The lowest BCUT2D eigenvalue weighted by atomic mass is 10.3. The highest BCUT2D eigenvalue weighted by Crippen LogP contribution is 2.13. The Hall–Kier alpha value is -1.84. The van der Waals surface area contributed by atoms with E-state index in [4.69, 9.17) is 0 Å². The highest BCUT2D eigenvalue weighted by atomic mass is 16.1. The van der Waals surface area contributed by atoms with E-state index in [-0.39, 0.29) is 0 Å². The summed E-state index contributed by atoms with van der Waals surface area (Å²) in [6.07, 6.45) is 4.79. The molecule has 4 heteroatoms. The van der Waals surface area contributed by atoms with Crippen LogP contribution >= 0.6 is 0 Å². The van der Waals surface area contributed by atoms with Crippen molar-refractivity contribution in [1.29, 1.82) is 0 Å². The van der Waals surface area contributed by atoms with E-state index in [1.807, 2.05) is 43.9 Å². The Bertz CT molecular complexity index is 537. The number of aldehydes is 1. The number of aromatic nitrogens is 3. The normalized spacial score (nSPS) is 10.8. The minimum absolute atomic E-state index is 0.777. The van der Waals surface area contributed by atoms with Crippen molar-refractivity contribution in [2.24, 2.45) is 0 Å². The fraction of sp³-hybridized carbons (Fsp3) is 0.385. The summed E-state index contributed by atoms with van der Waals surface area (Å²) in [4.78, 5) is 10.8. The molecule has 0 saturated heterocycles. The van der Waals surface area contributed by atoms with Crippen LogP contribution in [0.15, 0.2) is 18.5 Å². The fourth-order valence-corrected chi connectivity index (χ4v) is 2.08. The molecule has 0 radical (unpaired) electrons. The summed E-state index contributed by atoms with van der Waals surface area (Å²) >= 11 is 0. The van der Waals surface area contributed by atoms with E-state index in [1.54, 1.807) is 0 Å². The zero-order valence-corrected chi connectivity index (χ0v) is 10.5. The van der Waals surface area contributed by atoms with Crippen LogP contribution in [-0.4, -0.2) is 20.6 Å². The minimum atomic E-state index is 0.777. The van der Waals surface area contributed by atoms with Crippen LogP contribution in [0.5, 0.6) is 0 Å². The molecule has 0 N–H and O–H groups in total. The summed E-state index contributed by atoms with van der Waals surface area (Å²) in [7, 11) is 0. The number of hydrogen-bond donors (Lipinski definition) is 0. The molecule has 4 nitrogen and oxygen atoms in total. The number of carbonyl (C=O) groups excluding carboxylic acids is 1. The van der Waals surface area contributed by atoms with Crippen LogP contribution in [0.4, 0.5) is 0 Å². The molecule has 2 rings (SSSR count). The molecular formula is C13H17N3O. The first-order valence-electron chi connectivity index (χ1n) is 5.73. The van der Waals surface area contributed by atoms with Gasteiger partial charge in [0, 0.05) is 29.7 Å². The van der Waals surface area contributed by atoms with Gasteiger partial charge in [0.25, 0.3) is 0 Å². The molecule has 0 aromatic carbocycles. The molecule has 0 saturated carbocycles. The van der Waals surface area contributed by atoms with Crippen LogP contribution in [-0.2, 0) is 13.1 Å². The Morgan fingerprint density at radius 2 is 2.06 bits per heavy atom. The van der Waals surface area contributed by atoms with E-state index in [2.05, 4.69) is 9.67 Å². The van der Waals surface area contributed by atoms with Gasteiger partial charge >= 0.3 is 0 Å². The van der Waals surface area contributed by atoms with Crippen LogP contribution in [0.25, 0.3) is 0 Å². The zero-order chi connectivity index (χ0) is 12.4. The fourth-order valence-electron chi connectivity index (χ4n) is 2.08. The summed E-state index contributed by atoms with van der Waals surface area (Å²) in [5, 5.41) is 4.25. The molecule has 2 aromatic rings. The van der Waals surface area contributed by atoms with E-state index in [0.29, 0.717) is 0 Å². The Morgan fingerprint density at radius 1 is 1.29 bits per heavy atom. The van der Waals surface area contributed by atoms with Crippen molar-refractivity contribution in [2.75, 3.05) is 0 Å². The van der Waals surface area contributed by atoms with E-state index < -0.39 is 0 Å². The van der Waals surface area contributed by atoms with Gasteiger partial charge in [-0.3, -0.25) is 9.48 Å². The number of rotatable bonds is 4. The summed E-state index contributed by atoms with van der Waals surface area (Å²) < 4.78 is 4.08. The predicted molar refractivity (Wildman–Crippen MR) is 66.3 cm³/mol. The van der Waals surface area contributed by atoms with Crippen LogP contribution in [0.1, 0.15) is 27.3 Å². The molecule has 2 aromatic heterocycles. The number of hydrogen-bond acceptors (Lipinski definition) is 2. The van der Waals surface area contributed by atoms with Gasteiger partial charge in [-0.1, -0.05) is 0 Å². The average Bonchev–Trinajstić information content (AvgIpc) is 2.82. The van der Waals surface area contributed by atoms with Crippen LogP contribution in [0.2, 0.25) is 0 Å². The molecule has 2 heterocycles. The SMILES string of the molecule is Cc1cnn(CCn2c(C)cc(C=O)c2C)c1. The monoisotopic (exact) mass is 231 g/mol. The molecule has 0 spiro atoms. The highest BCUT2D eigenvalue weighted by Gasteiger charge is 2.07.